The molecule has 0 aromatic heterocycles. The van der Waals surface area contributed by atoms with Crippen LogP contribution in [0.3, 0.4) is 0 Å². The van der Waals surface area contributed by atoms with Gasteiger partial charge in [0.25, 0.3) is 0 Å². The van der Waals surface area contributed by atoms with Gasteiger partial charge < -0.3 is 10.2 Å². The van der Waals surface area contributed by atoms with Crippen molar-refractivity contribution >= 4 is 15.5 Å². The molecule has 0 saturated carbocycles. The van der Waals surface area contributed by atoms with Crippen LogP contribution in [0.5, 0.6) is 0 Å². The average Bonchev–Trinajstić information content (AvgIpc) is 2.76. The minimum Gasteiger partial charge on any atom is -0.371 e. The minimum absolute atomic E-state index is 0.00475. The Morgan fingerprint density at radius 3 is 2.48 bits per heavy atom. The summed E-state index contributed by atoms with van der Waals surface area (Å²) in [6, 6.07) is 11.7. The first-order chi connectivity index (χ1) is 12.8. The molecule has 144 valence electrons. The van der Waals surface area contributed by atoms with Crippen molar-refractivity contribution < 1.29 is 12.8 Å². The molecule has 6 heteroatoms. The van der Waals surface area contributed by atoms with Gasteiger partial charge in [-0.1, -0.05) is 6.07 Å². The quantitative estimate of drug-likeness (QED) is 0.852. The fourth-order valence-electron chi connectivity index (χ4n) is 4.72. The zero-order valence-corrected chi connectivity index (χ0v) is 16.6. The second-order valence-electron chi connectivity index (χ2n) is 7.91. The lowest BCUT2D eigenvalue weighted by Crippen LogP contribution is -2.36. The first-order valence-electron chi connectivity index (χ1n) is 9.41. The van der Waals surface area contributed by atoms with E-state index in [9.17, 15) is 12.8 Å². The van der Waals surface area contributed by atoms with Crippen LogP contribution in [0.15, 0.2) is 52.3 Å². The van der Waals surface area contributed by atoms with Crippen molar-refractivity contribution in [2.24, 2.45) is 0 Å². The SMILES string of the molecule is CC1CC2[C@@H](CC(C)N1)c1cc(S(=O)(=O)c3cccc(F)c3)ccc1N2C. The Labute approximate surface area is 160 Å². The van der Waals surface area contributed by atoms with Crippen LogP contribution in [0.2, 0.25) is 0 Å². The Balaban J connectivity index is 1.78. The largest absolute Gasteiger partial charge is 0.371 e. The number of hydrogen-bond acceptors (Lipinski definition) is 4. The smallest absolute Gasteiger partial charge is 0.206 e. The number of sulfone groups is 1. The number of likely N-dealkylation sites (N-methyl/N-ethyl adjacent to an activating group) is 1. The molecule has 1 N–H and O–H groups in total. The van der Waals surface area contributed by atoms with Gasteiger partial charge in [-0.25, -0.2) is 12.8 Å². The van der Waals surface area contributed by atoms with Crippen molar-refractivity contribution in [2.45, 2.75) is 60.5 Å². The van der Waals surface area contributed by atoms with Gasteiger partial charge in [-0.05, 0) is 68.7 Å². The first kappa shape index (κ1) is 18.4. The van der Waals surface area contributed by atoms with E-state index < -0.39 is 15.7 Å². The lowest BCUT2D eigenvalue weighted by atomic mass is 9.88. The molecule has 0 spiro atoms. The van der Waals surface area contributed by atoms with Gasteiger partial charge in [-0.3, -0.25) is 0 Å². The number of nitrogens with one attached hydrogen (secondary N) is 1. The zero-order valence-electron chi connectivity index (χ0n) is 15.8. The van der Waals surface area contributed by atoms with E-state index in [1.807, 2.05) is 6.07 Å². The van der Waals surface area contributed by atoms with E-state index in [4.69, 9.17) is 0 Å². The van der Waals surface area contributed by atoms with Crippen molar-refractivity contribution in [3.63, 3.8) is 0 Å². The highest BCUT2D eigenvalue weighted by atomic mass is 32.2. The molecule has 4 nitrogen and oxygen atoms in total. The van der Waals surface area contributed by atoms with Crippen molar-refractivity contribution in [3.8, 4) is 0 Å². The van der Waals surface area contributed by atoms with Crippen molar-refractivity contribution in [2.75, 3.05) is 11.9 Å². The van der Waals surface area contributed by atoms with Gasteiger partial charge in [0, 0.05) is 36.8 Å². The van der Waals surface area contributed by atoms with Crippen LogP contribution in [-0.2, 0) is 9.84 Å². The van der Waals surface area contributed by atoms with Crippen molar-refractivity contribution in [3.05, 3.63) is 53.8 Å². The predicted molar refractivity (Wildman–Crippen MR) is 105 cm³/mol. The third-order valence-electron chi connectivity index (χ3n) is 5.93. The van der Waals surface area contributed by atoms with Gasteiger partial charge in [-0.15, -0.1) is 0 Å². The molecular weight excluding hydrogens is 363 g/mol. The highest BCUT2D eigenvalue weighted by Gasteiger charge is 2.40. The van der Waals surface area contributed by atoms with Crippen LogP contribution < -0.4 is 10.2 Å². The molecule has 0 bridgehead atoms. The molecule has 1 fully saturated rings. The van der Waals surface area contributed by atoms with Crippen molar-refractivity contribution in [1.82, 2.24) is 5.32 Å². The fraction of sp³-hybridized carbons (Fsp3) is 0.429. The Bertz CT molecular complexity index is 976. The molecule has 27 heavy (non-hydrogen) atoms. The molecule has 2 aliphatic rings. The number of nitrogens with zero attached hydrogens (tertiary/aromatic N) is 1. The summed E-state index contributed by atoms with van der Waals surface area (Å²) in [4.78, 5) is 2.52. The van der Waals surface area contributed by atoms with E-state index in [1.165, 1.54) is 18.2 Å². The molecule has 2 aromatic carbocycles. The Morgan fingerprint density at radius 2 is 1.74 bits per heavy atom. The molecule has 4 rings (SSSR count). The van der Waals surface area contributed by atoms with Crippen molar-refractivity contribution in [1.29, 1.82) is 0 Å². The van der Waals surface area contributed by atoms with Crippen LogP contribution in [0, 0.1) is 5.82 Å². The number of hydrogen-bond donors (Lipinski definition) is 1. The molecule has 4 atom stereocenters. The van der Waals surface area contributed by atoms with E-state index >= 15 is 0 Å². The molecule has 0 radical (unpaired) electrons. The second-order valence-corrected chi connectivity index (χ2v) is 9.86. The first-order valence-corrected chi connectivity index (χ1v) is 10.9. The van der Waals surface area contributed by atoms with Crippen LogP contribution in [-0.4, -0.2) is 33.6 Å². The van der Waals surface area contributed by atoms with Crippen LogP contribution >= 0.6 is 0 Å². The summed E-state index contributed by atoms with van der Waals surface area (Å²) in [6.45, 7) is 4.39. The Kier molecular flexibility index (Phi) is 4.51. The zero-order chi connectivity index (χ0) is 19.3. The van der Waals surface area contributed by atoms with E-state index in [-0.39, 0.29) is 9.79 Å². The average molecular weight is 389 g/mol. The summed E-state index contributed by atoms with van der Waals surface area (Å²) in [6.07, 6.45) is 1.99. The highest BCUT2D eigenvalue weighted by Crippen LogP contribution is 2.46. The van der Waals surface area contributed by atoms with Crippen LogP contribution in [0.4, 0.5) is 10.1 Å². The summed E-state index contributed by atoms with van der Waals surface area (Å²) in [5.74, 6) is -0.255. The third-order valence-corrected chi connectivity index (χ3v) is 7.68. The Hall–Kier alpha value is -1.92. The third kappa shape index (κ3) is 3.15. The molecule has 1 saturated heterocycles. The molecular formula is C21H25FN2O2S. The second kappa shape index (κ2) is 6.60. The van der Waals surface area contributed by atoms with E-state index in [0.717, 1.165) is 30.2 Å². The number of halogens is 1. The maximum absolute atomic E-state index is 13.6. The van der Waals surface area contributed by atoms with Gasteiger partial charge >= 0.3 is 0 Å². The van der Waals surface area contributed by atoms with Gasteiger partial charge in [0.2, 0.25) is 9.84 Å². The van der Waals surface area contributed by atoms with E-state index in [2.05, 4.69) is 31.1 Å². The van der Waals surface area contributed by atoms with Gasteiger partial charge in [-0.2, -0.15) is 0 Å². The summed E-state index contributed by atoms with van der Waals surface area (Å²) >= 11 is 0. The maximum Gasteiger partial charge on any atom is 0.206 e. The standard InChI is InChI=1S/C21H25FN2O2S/c1-13-9-18-19-12-17(27(25,26)16-6-4-5-15(22)11-16)7-8-20(19)24(3)21(18)10-14(2)23-13/h4-8,11-14,18,21,23H,9-10H2,1-3H3/t13?,14?,18-,21?/m0/s1. The predicted octanol–water partition coefficient (Wildman–Crippen LogP) is 3.72. The monoisotopic (exact) mass is 388 g/mol. The molecule has 0 amide bonds. The number of anilines is 1. The Morgan fingerprint density at radius 1 is 1.04 bits per heavy atom. The van der Waals surface area contributed by atoms with Crippen LogP contribution in [0.1, 0.15) is 38.2 Å². The molecule has 0 aliphatic carbocycles. The van der Waals surface area contributed by atoms with E-state index in [1.54, 1.807) is 12.1 Å². The lowest BCUT2D eigenvalue weighted by Gasteiger charge is -2.26. The minimum atomic E-state index is -3.75. The maximum atomic E-state index is 13.6. The van der Waals surface area contributed by atoms with E-state index in [0.29, 0.717) is 24.0 Å². The number of fused-ring (bicyclic) bond motifs is 3. The fourth-order valence-corrected chi connectivity index (χ4v) is 6.04. The van der Waals surface area contributed by atoms with Crippen LogP contribution in [0.25, 0.3) is 0 Å². The normalized spacial score (nSPS) is 27.8. The topological polar surface area (TPSA) is 49.4 Å². The molecule has 2 aromatic rings. The highest BCUT2D eigenvalue weighted by molar-refractivity contribution is 7.91. The van der Waals surface area contributed by atoms with Gasteiger partial charge in [0.1, 0.15) is 5.82 Å². The number of rotatable bonds is 2. The lowest BCUT2D eigenvalue weighted by molar-refractivity contribution is 0.466. The summed E-state index contributed by atoms with van der Waals surface area (Å²) in [7, 11) is -1.66. The summed E-state index contributed by atoms with van der Waals surface area (Å²) in [5.41, 5.74) is 2.19. The molecule has 2 aliphatic heterocycles. The van der Waals surface area contributed by atoms with Gasteiger partial charge in [0.05, 0.1) is 9.79 Å². The molecule has 2 heterocycles. The van der Waals surface area contributed by atoms with Gasteiger partial charge in [0.15, 0.2) is 0 Å². The molecule has 3 unspecified atom stereocenters. The summed E-state index contributed by atoms with van der Waals surface area (Å²) < 4.78 is 39.6. The number of benzene rings is 2. The summed E-state index contributed by atoms with van der Waals surface area (Å²) in [5, 5.41) is 3.61.